The van der Waals surface area contributed by atoms with E-state index in [1.165, 1.54) is 7.11 Å². The van der Waals surface area contributed by atoms with Gasteiger partial charge in [-0.2, -0.15) is 0 Å². The number of ether oxygens (including phenoxy) is 1. The van der Waals surface area contributed by atoms with Gasteiger partial charge in [-0.05, 0) is 18.2 Å². The van der Waals surface area contributed by atoms with Crippen molar-refractivity contribution in [1.29, 1.82) is 0 Å². The lowest BCUT2D eigenvalue weighted by molar-refractivity contribution is 0.0933. The molecule has 0 aliphatic carbocycles. The Labute approximate surface area is 85.1 Å². The lowest BCUT2D eigenvalue weighted by Crippen LogP contribution is -2.04. The van der Waals surface area contributed by atoms with Crippen molar-refractivity contribution in [1.82, 2.24) is 0 Å². The molecule has 0 saturated carbocycles. The summed E-state index contributed by atoms with van der Waals surface area (Å²) in [6, 6.07) is 5.27. The lowest BCUT2D eigenvalue weighted by atomic mass is 10.1. The fraction of sp³-hybridized carbons (Fsp3) is 0.333. The molecule has 1 atom stereocenters. The summed E-state index contributed by atoms with van der Waals surface area (Å²) in [5, 5.41) is 18.2. The second kappa shape index (κ2) is 4.60. The number of benzene rings is 1. The maximum Gasteiger partial charge on any atom is 0.124 e. The van der Waals surface area contributed by atoms with Crippen LogP contribution in [0, 0.1) is 0 Å². The number of methoxy groups -OCH3 is 1. The number of rotatable bonds is 3. The molecule has 0 radical (unpaired) electrons. The van der Waals surface area contributed by atoms with Crippen LogP contribution in [0.5, 0.6) is 5.75 Å². The minimum atomic E-state index is -0.896. The van der Waals surface area contributed by atoms with Gasteiger partial charge in [0.15, 0.2) is 0 Å². The Morgan fingerprint density at radius 3 is 2.77 bits per heavy atom. The van der Waals surface area contributed by atoms with Gasteiger partial charge in [-0.1, -0.05) is 15.9 Å². The maximum atomic E-state index is 9.41. The second-order valence-corrected chi connectivity index (χ2v) is 3.50. The van der Waals surface area contributed by atoms with Crippen molar-refractivity contribution in [2.24, 2.45) is 0 Å². The molecule has 0 aliphatic rings. The van der Waals surface area contributed by atoms with Gasteiger partial charge in [0.05, 0.1) is 13.7 Å². The molecule has 0 fully saturated rings. The Bertz CT molecular complexity index is 288. The van der Waals surface area contributed by atoms with Gasteiger partial charge in [0.1, 0.15) is 11.9 Å². The average molecular weight is 247 g/mol. The molecule has 0 saturated heterocycles. The quantitative estimate of drug-likeness (QED) is 0.850. The first-order valence-electron chi connectivity index (χ1n) is 3.81. The Morgan fingerprint density at radius 2 is 2.23 bits per heavy atom. The zero-order chi connectivity index (χ0) is 9.84. The molecule has 3 nitrogen and oxygen atoms in total. The fourth-order valence-corrected chi connectivity index (χ4v) is 1.44. The lowest BCUT2D eigenvalue weighted by Gasteiger charge is -2.12. The highest BCUT2D eigenvalue weighted by Crippen LogP contribution is 2.27. The first-order valence-corrected chi connectivity index (χ1v) is 4.60. The largest absolute Gasteiger partial charge is 0.496 e. The third kappa shape index (κ3) is 2.43. The molecule has 0 bridgehead atoms. The molecular weight excluding hydrogens is 236 g/mol. The average Bonchev–Trinajstić information content (AvgIpc) is 2.16. The summed E-state index contributed by atoms with van der Waals surface area (Å²) in [6.45, 7) is -0.313. The van der Waals surface area contributed by atoms with Gasteiger partial charge in [-0.25, -0.2) is 0 Å². The van der Waals surface area contributed by atoms with E-state index in [1.54, 1.807) is 12.1 Å². The molecule has 0 aliphatic heterocycles. The summed E-state index contributed by atoms with van der Waals surface area (Å²) < 4.78 is 5.87. The molecule has 0 heterocycles. The smallest absolute Gasteiger partial charge is 0.124 e. The van der Waals surface area contributed by atoms with E-state index in [1.807, 2.05) is 6.07 Å². The third-order valence-corrected chi connectivity index (χ3v) is 2.22. The van der Waals surface area contributed by atoms with Gasteiger partial charge < -0.3 is 14.9 Å². The molecule has 1 rings (SSSR count). The third-order valence-electron chi connectivity index (χ3n) is 1.72. The van der Waals surface area contributed by atoms with Crippen molar-refractivity contribution < 1.29 is 14.9 Å². The summed E-state index contributed by atoms with van der Waals surface area (Å²) in [5.41, 5.74) is 0.583. The summed E-state index contributed by atoms with van der Waals surface area (Å²) in [5.74, 6) is 0.574. The molecule has 2 N–H and O–H groups in total. The molecule has 4 heteroatoms. The monoisotopic (exact) mass is 246 g/mol. The van der Waals surface area contributed by atoms with Gasteiger partial charge in [-0.3, -0.25) is 0 Å². The van der Waals surface area contributed by atoms with Crippen LogP contribution < -0.4 is 4.74 Å². The van der Waals surface area contributed by atoms with Crippen molar-refractivity contribution in [3.63, 3.8) is 0 Å². The van der Waals surface area contributed by atoms with Crippen molar-refractivity contribution in [2.45, 2.75) is 6.10 Å². The van der Waals surface area contributed by atoms with Crippen LogP contribution in [-0.4, -0.2) is 23.9 Å². The summed E-state index contributed by atoms with van der Waals surface area (Å²) in [6.07, 6.45) is -0.896. The van der Waals surface area contributed by atoms with Crippen molar-refractivity contribution >= 4 is 15.9 Å². The first kappa shape index (κ1) is 10.5. The van der Waals surface area contributed by atoms with Crippen molar-refractivity contribution in [3.8, 4) is 5.75 Å². The summed E-state index contributed by atoms with van der Waals surface area (Å²) >= 11 is 3.27. The molecule has 1 aromatic carbocycles. The van der Waals surface area contributed by atoms with Crippen LogP contribution in [0.25, 0.3) is 0 Å². The SMILES string of the molecule is COc1ccc(Br)cc1C(O)CO. The molecule has 0 amide bonds. The van der Waals surface area contributed by atoms with Crippen LogP contribution in [-0.2, 0) is 0 Å². The molecule has 0 spiro atoms. The number of halogens is 1. The Morgan fingerprint density at radius 1 is 1.54 bits per heavy atom. The van der Waals surface area contributed by atoms with Gasteiger partial charge in [0.2, 0.25) is 0 Å². The maximum absolute atomic E-state index is 9.41. The molecule has 0 aromatic heterocycles. The van der Waals surface area contributed by atoms with Crippen LogP contribution in [0.4, 0.5) is 0 Å². The van der Waals surface area contributed by atoms with E-state index in [4.69, 9.17) is 9.84 Å². The highest BCUT2D eigenvalue weighted by Gasteiger charge is 2.12. The highest BCUT2D eigenvalue weighted by molar-refractivity contribution is 9.10. The Hall–Kier alpha value is -0.580. The summed E-state index contributed by atoms with van der Waals surface area (Å²) in [7, 11) is 1.52. The number of hydrogen-bond donors (Lipinski definition) is 2. The summed E-state index contributed by atoms with van der Waals surface area (Å²) in [4.78, 5) is 0. The Balaban J connectivity index is 3.07. The van der Waals surface area contributed by atoms with Gasteiger partial charge in [-0.15, -0.1) is 0 Å². The van der Waals surface area contributed by atoms with Gasteiger partial charge in [0, 0.05) is 10.0 Å². The van der Waals surface area contributed by atoms with Gasteiger partial charge >= 0.3 is 0 Å². The Kier molecular flexibility index (Phi) is 3.71. The number of aliphatic hydroxyl groups is 2. The zero-order valence-electron chi connectivity index (χ0n) is 7.20. The first-order chi connectivity index (χ1) is 6.19. The van der Waals surface area contributed by atoms with Crippen molar-refractivity contribution in [2.75, 3.05) is 13.7 Å². The van der Waals surface area contributed by atoms with Crippen LogP contribution in [0.2, 0.25) is 0 Å². The van der Waals surface area contributed by atoms with Crippen molar-refractivity contribution in [3.05, 3.63) is 28.2 Å². The molecule has 72 valence electrons. The number of aliphatic hydroxyl groups excluding tert-OH is 2. The highest BCUT2D eigenvalue weighted by atomic mass is 79.9. The van der Waals surface area contributed by atoms with E-state index >= 15 is 0 Å². The van der Waals surface area contributed by atoms with E-state index in [0.29, 0.717) is 11.3 Å². The van der Waals surface area contributed by atoms with Crippen LogP contribution in [0.3, 0.4) is 0 Å². The zero-order valence-corrected chi connectivity index (χ0v) is 8.78. The predicted octanol–water partition coefficient (Wildman–Crippen LogP) is 1.48. The molecular formula is C9H11BrO3. The molecule has 1 unspecified atom stereocenters. The van der Waals surface area contributed by atoms with E-state index in [2.05, 4.69) is 15.9 Å². The van der Waals surface area contributed by atoms with E-state index in [-0.39, 0.29) is 6.61 Å². The number of hydrogen-bond acceptors (Lipinski definition) is 3. The standard InChI is InChI=1S/C9H11BrO3/c1-13-9-3-2-6(10)4-7(9)8(12)5-11/h2-4,8,11-12H,5H2,1H3. The topological polar surface area (TPSA) is 49.7 Å². The van der Waals surface area contributed by atoms with Crippen LogP contribution in [0.15, 0.2) is 22.7 Å². The van der Waals surface area contributed by atoms with Gasteiger partial charge in [0.25, 0.3) is 0 Å². The molecule has 1 aromatic rings. The van der Waals surface area contributed by atoms with E-state index in [0.717, 1.165) is 4.47 Å². The minimum absolute atomic E-state index is 0.313. The normalized spacial score (nSPS) is 12.6. The van der Waals surface area contributed by atoms with E-state index in [9.17, 15) is 5.11 Å². The minimum Gasteiger partial charge on any atom is -0.496 e. The van der Waals surface area contributed by atoms with Crippen LogP contribution >= 0.6 is 15.9 Å². The molecule has 13 heavy (non-hydrogen) atoms. The predicted molar refractivity (Wildman–Crippen MR) is 52.7 cm³/mol. The second-order valence-electron chi connectivity index (χ2n) is 2.58. The van der Waals surface area contributed by atoms with E-state index < -0.39 is 6.10 Å². The fourth-order valence-electron chi connectivity index (χ4n) is 1.06. The van der Waals surface area contributed by atoms with Crippen LogP contribution in [0.1, 0.15) is 11.7 Å².